The van der Waals surface area contributed by atoms with Gasteiger partial charge in [-0.15, -0.1) is 0 Å². The van der Waals surface area contributed by atoms with E-state index in [0.29, 0.717) is 24.6 Å². The van der Waals surface area contributed by atoms with Crippen molar-refractivity contribution in [3.05, 3.63) is 59.7 Å². The van der Waals surface area contributed by atoms with Crippen LogP contribution in [0.5, 0.6) is 11.5 Å². The molecule has 0 saturated carbocycles. The van der Waals surface area contributed by atoms with Gasteiger partial charge in [0.25, 0.3) is 0 Å². The highest BCUT2D eigenvalue weighted by Crippen LogP contribution is 2.51. The van der Waals surface area contributed by atoms with Crippen molar-refractivity contribution in [3.63, 3.8) is 0 Å². The van der Waals surface area contributed by atoms with Crippen LogP contribution < -0.4 is 9.05 Å². The second-order valence-corrected chi connectivity index (χ2v) is 7.28. The smallest absolute Gasteiger partial charge is 0.404 e. The van der Waals surface area contributed by atoms with Crippen molar-refractivity contribution >= 4 is 7.75 Å². The van der Waals surface area contributed by atoms with Gasteiger partial charge >= 0.3 is 7.75 Å². The predicted octanol–water partition coefficient (Wildman–Crippen LogP) is 5.21. The van der Waals surface area contributed by atoms with Crippen LogP contribution >= 0.6 is 7.75 Å². The second-order valence-electron chi connectivity index (χ2n) is 5.42. The molecule has 0 heterocycles. The van der Waals surface area contributed by atoms with Gasteiger partial charge in [-0.3, -0.25) is 0 Å². The number of hydrogen-bond donors (Lipinski definition) is 0. The summed E-state index contributed by atoms with van der Waals surface area (Å²) in [7, 11) is -3.47. The lowest BCUT2D eigenvalue weighted by Gasteiger charge is -2.28. The van der Waals surface area contributed by atoms with Gasteiger partial charge in [0.2, 0.25) is 0 Å². The molecule has 124 valence electrons. The van der Waals surface area contributed by atoms with E-state index in [0.717, 1.165) is 11.1 Å². The molecule has 2 aromatic rings. The van der Waals surface area contributed by atoms with Crippen molar-refractivity contribution in [1.82, 2.24) is 4.67 Å². The summed E-state index contributed by atoms with van der Waals surface area (Å²) in [6.45, 7) is 9.02. The first kappa shape index (κ1) is 17.6. The molecule has 0 atom stereocenters. The molecule has 5 heteroatoms. The summed E-state index contributed by atoms with van der Waals surface area (Å²) >= 11 is 0. The molecule has 0 aliphatic carbocycles. The highest BCUT2D eigenvalue weighted by Gasteiger charge is 2.35. The van der Waals surface area contributed by atoms with Crippen molar-refractivity contribution in [1.29, 1.82) is 0 Å². The van der Waals surface area contributed by atoms with Crippen molar-refractivity contribution in [3.8, 4) is 11.5 Å². The average molecular weight is 333 g/mol. The Morgan fingerprint density at radius 3 is 1.43 bits per heavy atom. The van der Waals surface area contributed by atoms with Gasteiger partial charge in [-0.05, 0) is 38.1 Å². The lowest BCUT2D eigenvalue weighted by molar-refractivity contribution is 0.295. The van der Waals surface area contributed by atoms with E-state index < -0.39 is 7.75 Å². The standard InChI is InChI=1S/C18H24NO3P/c1-5-19(6-2)23(20,21-17-11-7-15(3)8-12-17)22-18-13-9-16(4)10-14-18/h7-14H,5-6H2,1-4H3. The number of hydrogen-bond acceptors (Lipinski definition) is 3. The third-order valence-electron chi connectivity index (χ3n) is 3.56. The topological polar surface area (TPSA) is 38.8 Å². The zero-order valence-electron chi connectivity index (χ0n) is 14.2. The van der Waals surface area contributed by atoms with E-state index in [4.69, 9.17) is 9.05 Å². The largest absolute Gasteiger partial charge is 0.515 e. The Kier molecular flexibility index (Phi) is 5.86. The SMILES string of the molecule is CCN(CC)P(=O)(Oc1ccc(C)cc1)Oc1ccc(C)cc1. The molecule has 0 aliphatic rings. The molecular formula is C18H24NO3P. The maximum Gasteiger partial charge on any atom is 0.515 e. The van der Waals surface area contributed by atoms with Gasteiger partial charge in [0.15, 0.2) is 0 Å². The first-order valence-electron chi connectivity index (χ1n) is 7.85. The average Bonchev–Trinajstić information content (AvgIpc) is 2.53. The van der Waals surface area contributed by atoms with Gasteiger partial charge in [0, 0.05) is 13.1 Å². The van der Waals surface area contributed by atoms with Crippen LogP contribution in [0.2, 0.25) is 0 Å². The van der Waals surface area contributed by atoms with Gasteiger partial charge in [0.05, 0.1) is 0 Å². The monoisotopic (exact) mass is 333 g/mol. The Labute approximate surface area is 138 Å². The minimum atomic E-state index is -3.47. The maximum absolute atomic E-state index is 13.4. The fourth-order valence-corrected chi connectivity index (χ4v) is 3.91. The summed E-state index contributed by atoms with van der Waals surface area (Å²) in [6.07, 6.45) is 0. The van der Waals surface area contributed by atoms with E-state index >= 15 is 0 Å². The fourth-order valence-electron chi connectivity index (χ4n) is 2.17. The molecule has 23 heavy (non-hydrogen) atoms. The molecule has 0 spiro atoms. The first-order chi connectivity index (χ1) is 11.0. The van der Waals surface area contributed by atoms with Crippen LogP contribution in [0.25, 0.3) is 0 Å². The quantitative estimate of drug-likeness (QED) is 0.652. The third-order valence-corrected chi connectivity index (χ3v) is 5.70. The van der Waals surface area contributed by atoms with E-state index in [2.05, 4.69) is 0 Å². The highest BCUT2D eigenvalue weighted by atomic mass is 31.2. The number of nitrogens with zero attached hydrogens (tertiary/aromatic N) is 1. The van der Waals surface area contributed by atoms with Crippen LogP contribution in [0.15, 0.2) is 48.5 Å². The molecule has 0 amide bonds. The van der Waals surface area contributed by atoms with Gasteiger partial charge < -0.3 is 9.05 Å². The molecule has 2 rings (SSSR count). The van der Waals surface area contributed by atoms with Crippen molar-refractivity contribution in [2.45, 2.75) is 27.7 Å². The maximum atomic E-state index is 13.4. The summed E-state index contributed by atoms with van der Waals surface area (Å²) in [5.74, 6) is 1.08. The van der Waals surface area contributed by atoms with E-state index in [1.54, 1.807) is 4.67 Å². The van der Waals surface area contributed by atoms with Crippen molar-refractivity contribution in [2.75, 3.05) is 13.1 Å². The van der Waals surface area contributed by atoms with E-state index in [1.165, 1.54) is 0 Å². The van der Waals surface area contributed by atoms with Gasteiger partial charge in [0.1, 0.15) is 11.5 Å². The highest BCUT2D eigenvalue weighted by molar-refractivity contribution is 7.52. The van der Waals surface area contributed by atoms with Crippen LogP contribution in [-0.2, 0) is 4.57 Å². The van der Waals surface area contributed by atoms with Crippen LogP contribution in [0, 0.1) is 13.8 Å². The van der Waals surface area contributed by atoms with Crippen LogP contribution in [0.4, 0.5) is 0 Å². The molecule has 4 nitrogen and oxygen atoms in total. The number of benzene rings is 2. The summed E-state index contributed by atoms with van der Waals surface area (Å²) < 4.78 is 26.7. The molecule has 2 aromatic carbocycles. The first-order valence-corrected chi connectivity index (χ1v) is 9.34. The minimum Gasteiger partial charge on any atom is -0.404 e. The van der Waals surface area contributed by atoms with Crippen molar-refractivity contribution in [2.24, 2.45) is 0 Å². The predicted molar refractivity (Wildman–Crippen MR) is 94.1 cm³/mol. The summed E-state index contributed by atoms with van der Waals surface area (Å²) in [5.41, 5.74) is 2.24. The zero-order valence-corrected chi connectivity index (χ0v) is 15.0. The summed E-state index contributed by atoms with van der Waals surface area (Å²) in [5, 5.41) is 0. The second kappa shape index (κ2) is 7.67. The van der Waals surface area contributed by atoms with Crippen LogP contribution in [-0.4, -0.2) is 17.8 Å². The lowest BCUT2D eigenvalue weighted by Crippen LogP contribution is -2.25. The van der Waals surface area contributed by atoms with Crippen LogP contribution in [0.1, 0.15) is 25.0 Å². The Balaban J connectivity index is 2.29. The van der Waals surface area contributed by atoms with Gasteiger partial charge in [-0.2, -0.15) is 4.67 Å². The molecule has 0 N–H and O–H groups in total. The van der Waals surface area contributed by atoms with Gasteiger partial charge in [-0.25, -0.2) is 4.57 Å². The normalized spacial score (nSPS) is 11.5. The lowest BCUT2D eigenvalue weighted by atomic mass is 10.2. The van der Waals surface area contributed by atoms with E-state index in [-0.39, 0.29) is 0 Å². The number of rotatable bonds is 7. The molecule has 0 unspecified atom stereocenters. The Morgan fingerprint density at radius 1 is 0.783 bits per heavy atom. The molecular weight excluding hydrogens is 309 g/mol. The van der Waals surface area contributed by atoms with E-state index in [9.17, 15) is 4.57 Å². The summed E-state index contributed by atoms with van der Waals surface area (Å²) in [6, 6.07) is 14.9. The molecule has 0 radical (unpaired) electrons. The van der Waals surface area contributed by atoms with E-state index in [1.807, 2.05) is 76.2 Å². The molecule has 0 aliphatic heterocycles. The zero-order chi connectivity index (χ0) is 16.9. The minimum absolute atomic E-state index is 0.540. The molecule has 0 fully saturated rings. The summed E-state index contributed by atoms with van der Waals surface area (Å²) in [4.78, 5) is 0. The molecule has 0 saturated heterocycles. The van der Waals surface area contributed by atoms with Crippen LogP contribution in [0.3, 0.4) is 0 Å². The molecule has 0 bridgehead atoms. The fraction of sp³-hybridized carbons (Fsp3) is 0.333. The van der Waals surface area contributed by atoms with Crippen molar-refractivity contribution < 1.29 is 13.6 Å². The Hall–Kier alpha value is -1.77. The Morgan fingerprint density at radius 2 is 1.13 bits per heavy atom. The Bertz CT molecular complexity index is 612. The number of aryl methyl sites for hydroxylation is 2. The van der Waals surface area contributed by atoms with Gasteiger partial charge in [-0.1, -0.05) is 49.2 Å². The molecule has 0 aromatic heterocycles. The third kappa shape index (κ3) is 4.60.